The largest absolute Gasteiger partial charge is 0.477 e. The fourth-order valence-corrected chi connectivity index (χ4v) is 3.88. The molecule has 0 bridgehead atoms. The van der Waals surface area contributed by atoms with Crippen molar-refractivity contribution < 1.29 is 14.6 Å². The number of aromatic carboxylic acids is 1. The summed E-state index contributed by atoms with van der Waals surface area (Å²) in [5.74, 6) is 0.438. The van der Waals surface area contributed by atoms with Gasteiger partial charge in [0.1, 0.15) is 16.4 Å². The maximum Gasteiger partial charge on any atom is 0.347 e. The Hall–Kier alpha value is -3.24. The summed E-state index contributed by atoms with van der Waals surface area (Å²) in [7, 11) is 0. The second-order valence-corrected chi connectivity index (χ2v) is 7.42. The van der Waals surface area contributed by atoms with Gasteiger partial charge in [-0.05, 0) is 58.6 Å². The molecule has 0 spiro atoms. The van der Waals surface area contributed by atoms with Gasteiger partial charge in [0.15, 0.2) is 4.34 Å². The molecule has 0 aliphatic heterocycles. The normalized spacial score (nSPS) is 10.7. The summed E-state index contributed by atoms with van der Waals surface area (Å²) in [6, 6.07) is 16.8. The van der Waals surface area contributed by atoms with Crippen LogP contribution in [0, 0.1) is 0 Å². The van der Waals surface area contributed by atoms with E-state index in [1.807, 2.05) is 54.6 Å². The van der Waals surface area contributed by atoms with Crippen LogP contribution in [0.3, 0.4) is 0 Å². The summed E-state index contributed by atoms with van der Waals surface area (Å²) in [6.45, 7) is 0. The van der Waals surface area contributed by atoms with Gasteiger partial charge in [0.2, 0.25) is 5.16 Å². The first-order valence-corrected chi connectivity index (χ1v) is 9.31. The summed E-state index contributed by atoms with van der Waals surface area (Å²) < 4.78 is 7.87. The highest BCUT2D eigenvalue weighted by molar-refractivity contribution is 8.00. The Bertz CT molecular complexity index is 1060. The van der Waals surface area contributed by atoms with E-state index in [0.29, 0.717) is 15.2 Å². The molecule has 2 heterocycles. The topological polar surface area (TPSA) is 103 Å². The smallest absolute Gasteiger partial charge is 0.347 e. The minimum absolute atomic E-state index is 0.166. The predicted molar refractivity (Wildman–Crippen MR) is 98.9 cm³/mol. The van der Waals surface area contributed by atoms with Crippen LogP contribution in [0.1, 0.15) is 9.67 Å². The highest BCUT2D eigenvalue weighted by atomic mass is 32.2. The SMILES string of the molecule is O=C(O)c1cnc(Sc2nnnn2-c2ccc(Oc3ccccc3)cc2)s1. The number of ether oxygens (including phenoxy) is 1. The fraction of sp³-hybridized carbons (Fsp3) is 0. The van der Waals surface area contributed by atoms with Crippen molar-refractivity contribution in [3.05, 3.63) is 65.7 Å². The van der Waals surface area contributed by atoms with E-state index >= 15 is 0 Å². The first-order chi connectivity index (χ1) is 13.2. The molecule has 2 aromatic carbocycles. The number of aromatic nitrogens is 5. The lowest BCUT2D eigenvalue weighted by Gasteiger charge is -2.07. The summed E-state index contributed by atoms with van der Waals surface area (Å²) in [5, 5.41) is 21.2. The van der Waals surface area contributed by atoms with E-state index in [2.05, 4.69) is 20.5 Å². The van der Waals surface area contributed by atoms with Gasteiger partial charge in [-0.2, -0.15) is 4.68 Å². The molecule has 0 atom stereocenters. The summed E-state index contributed by atoms with van der Waals surface area (Å²) in [5.41, 5.74) is 0.748. The van der Waals surface area contributed by atoms with Crippen molar-refractivity contribution in [3.8, 4) is 17.2 Å². The second-order valence-electron chi connectivity index (χ2n) is 5.18. The number of para-hydroxylation sites is 1. The Morgan fingerprint density at radius 1 is 1.07 bits per heavy atom. The molecule has 0 fully saturated rings. The van der Waals surface area contributed by atoms with Gasteiger partial charge >= 0.3 is 5.97 Å². The van der Waals surface area contributed by atoms with Crippen LogP contribution in [-0.2, 0) is 0 Å². The van der Waals surface area contributed by atoms with Gasteiger partial charge in [-0.1, -0.05) is 18.2 Å². The van der Waals surface area contributed by atoms with Crippen LogP contribution in [0.15, 0.2) is 70.3 Å². The van der Waals surface area contributed by atoms with Crippen molar-refractivity contribution in [2.75, 3.05) is 0 Å². The quantitative estimate of drug-likeness (QED) is 0.525. The zero-order valence-corrected chi connectivity index (χ0v) is 15.2. The van der Waals surface area contributed by atoms with Crippen LogP contribution in [-0.4, -0.2) is 36.3 Å². The number of carboxylic acid groups (broad SMARTS) is 1. The highest BCUT2D eigenvalue weighted by Crippen LogP contribution is 2.31. The van der Waals surface area contributed by atoms with Crippen molar-refractivity contribution in [1.29, 1.82) is 0 Å². The van der Waals surface area contributed by atoms with E-state index in [4.69, 9.17) is 9.84 Å². The van der Waals surface area contributed by atoms with E-state index in [9.17, 15) is 4.79 Å². The van der Waals surface area contributed by atoms with Crippen LogP contribution in [0.4, 0.5) is 0 Å². The van der Waals surface area contributed by atoms with E-state index in [0.717, 1.165) is 22.8 Å². The van der Waals surface area contributed by atoms with Gasteiger partial charge in [0.05, 0.1) is 11.9 Å². The number of thiazole rings is 1. The lowest BCUT2D eigenvalue weighted by molar-refractivity contribution is 0.0702. The molecule has 0 saturated heterocycles. The average molecular weight is 397 g/mol. The van der Waals surface area contributed by atoms with E-state index in [1.54, 1.807) is 4.68 Å². The van der Waals surface area contributed by atoms with E-state index in [-0.39, 0.29) is 4.88 Å². The molecule has 4 rings (SSSR count). The molecule has 0 aliphatic carbocycles. The minimum Gasteiger partial charge on any atom is -0.477 e. The third-order valence-electron chi connectivity index (χ3n) is 3.37. The number of rotatable bonds is 6. The van der Waals surface area contributed by atoms with Crippen LogP contribution in [0.5, 0.6) is 11.5 Å². The molecular formula is C17H11N5O3S2. The van der Waals surface area contributed by atoms with E-state index in [1.165, 1.54) is 18.0 Å². The van der Waals surface area contributed by atoms with Crippen LogP contribution in [0.25, 0.3) is 5.69 Å². The fourth-order valence-electron chi connectivity index (χ4n) is 2.17. The molecule has 10 heteroatoms. The Labute approximate surface area is 161 Å². The first-order valence-electron chi connectivity index (χ1n) is 7.68. The van der Waals surface area contributed by atoms with Crippen LogP contribution < -0.4 is 4.74 Å². The summed E-state index contributed by atoms with van der Waals surface area (Å²) >= 11 is 2.27. The number of hydrogen-bond acceptors (Lipinski definition) is 8. The number of benzene rings is 2. The molecule has 0 saturated carbocycles. The first kappa shape index (κ1) is 17.2. The Kier molecular flexibility index (Phi) is 4.81. The molecule has 0 radical (unpaired) electrons. The molecule has 0 amide bonds. The number of carboxylic acids is 1. The molecule has 0 unspecified atom stereocenters. The van der Waals surface area contributed by atoms with Crippen molar-refractivity contribution >= 4 is 29.1 Å². The van der Waals surface area contributed by atoms with E-state index < -0.39 is 5.97 Å². The monoisotopic (exact) mass is 397 g/mol. The molecule has 4 aromatic rings. The summed E-state index contributed by atoms with van der Waals surface area (Å²) in [6.07, 6.45) is 1.32. The number of tetrazole rings is 1. The lowest BCUT2D eigenvalue weighted by atomic mass is 10.3. The number of nitrogens with zero attached hydrogens (tertiary/aromatic N) is 5. The van der Waals surface area contributed by atoms with Gasteiger partial charge in [-0.15, -0.1) is 16.4 Å². The molecule has 8 nitrogen and oxygen atoms in total. The van der Waals surface area contributed by atoms with Gasteiger partial charge in [0, 0.05) is 0 Å². The van der Waals surface area contributed by atoms with Gasteiger partial charge in [0.25, 0.3) is 0 Å². The molecular weight excluding hydrogens is 386 g/mol. The second kappa shape index (κ2) is 7.56. The summed E-state index contributed by atoms with van der Waals surface area (Å²) in [4.78, 5) is 15.2. The Morgan fingerprint density at radius 3 is 2.52 bits per heavy atom. The predicted octanol–water partition coefficient (Wildman–Crippen LogP) is 3.76. The molecule has 27 heavy (non-hydrogen) atoms. The van der Waals surface area contributed by atoms with Crippen molar-refractivity contribution in [2.24, 2.45) is 0 Å². The molecule has 1 N–H and O–H groups in total. The van der Waals surface area contributed by atoms with Crippen molar-refractivity contribution in [1.82, 2.24) is 25.2 Å². The third-order valence-corrected chi connectivity index (χ3v) is 5.37. The maximum absolute atomic E-state index is 11.0. The molecule has 0 aliphatic rings. The standard InChI is InChI=1S/C17H11N5O3S2/c23-15(24)14-10-18-17(26-14)27-16-19-20-21-22(16)11-6-8-13(9-7-11)25-12-4-2-1-3-5-12/h1-10H,(H,23,24). The Morgan fingerprint density at radius 2 is 1.81 bits per heavy atom. The zero-order chi connectivity index (χ0) is 18.6. The van der Waals surface area contributed by atoms with Gasteiger partial charge < -0.3 is 9.84 Å². The minimum atomic E-state index is -1.01. The van der Waals surface area contributed by atoms with Crippen LogP contribution in [0.2, 0.25) is 0 Å². The third kappa shape index (κ3) is 3.96. The lowest BCUT2D eigenvalue weighted by Crippen LogP contribution is -1.98. The van der Waals surface area contributed by atoms with Crippen molar-refractivity contribution in [2.45, 2.75) is 9.50 Å². The maximum atomic E-state index is 11.0. The zero-order valence-electron chi connectivity index (χ0n) is 13.6. The molecule has 2 aromatic heterocycles. The average Bonchev–Trinajstić information content (AvgIpc) is 3.33. The highest BCUT2D eigenvalue weighted by Gasteiger charge is 2.15. The number of hydrogen-bond donors (Lipinski definition) is 1. The van der Waals surface area contributed by atoms with Gasteiger partial charge in [-0.3, -0.25) is 0 Å². The number of carbonyl (C=O) groups is 1. The van der Waals surface area contributed by atoms with Crippen LogP contribution >= 0.6 is 23.1 Å². The van der Waals surface area contributed by atoms with Crippen molar-refractivity contribution in [3.63, 3.8) is 0 Å². The Balaban J connectivity index is 1.52. The molecule has 134 valence electrons. The van der Waals surface area contributed by atoms with Gasteiger partial charge in [-0.25, -0.2) is 9.78 Å².